The standard InChI is InChI=1S/C19H29NO3/c1-2-3-4-5-6-7-8-15-9-11-16(12-10-15)23-17-13-18(19(21)22)20-14-17/h9-12,17-18,20H,2-8,13-14H2,1H3,(H,21,22)/t17-,18+/m1/s1. The van der Waals surface area contributed by atoms with Gasteiger partial charge in [0.25, 0.3) is 0 Å². The fourth-order valence-corrected chi connectivity index (χ4v) is 3.02. The van der Waals surface area contributed by atoms with Gasteiger partial charge in [-0.2, -0.15) is 0 Å². The summed E-state index contributed by atoms with van der Waals surface area (Å²) in [6.07, 6.45) is 9.49. The van der Waals surface area contributed by atoms with Gasteiger partial charge in [0, 0.05) is 13.0 Å². The topological polar surface area (TPSA) is 58.6 Å². The van der Waals surface area contributed by atoms with E-state index in [1.807, 2.05) is 12.1 Å². The molecule has 1 aliphatic heterocycles. The molecular weight excluding hydrogens is 290 g/mol. The van der Waals surface area contributed by atoms with Gasteiger partial charge in [0.2, 0.25) is 0 Å². The molecule has 0 aliphatic carbocycles. The largest absolute Gasteiger partial charge is 0.489 e. The van der Waals surface area contributed by atoms with E-state index in [9.17, 15) is 4.79 Å². The number of aliphatic carboxylic acids is 1. The summed E-state index contributed by atoms with van der Waals surface area (Å²) in [4.78, 5) is 10.9. The van der Waals surface area contributed by atoms with E-state index in [-0.39, 0.29) is 6.10 Å². The van der Waals surface area contributed by atoms with Crippen molar-refractivity contribution in [1.29, 1.82) is 0 Å². The first-order valence-electron chi connectivity index (χ1n) is 8.91. The van der Waals surface area contributed by atoms with Crippen molar-refractivity contribution in [2.75, 3.05) is 6.54 Å². The predicted octanol–water partition coefficient (Wildman–Crippen LogP) is 3.78. The first-order chi connectivity index (χ1) is 11.2. The second-order valence-corrected chi connectivity index (χ2v) is 6.44. The molecule has 1 aliphatic rings. The number of unbranched alkanes of at least 4 members (excludes halogenated alkanes) is 5. The molecule has 0 spiro atoms. The summed E-state index contributed by atoms with van der Waals surface area (Å²) in [5.74, 6) is 0.0277. The Hall–Kier alpha value is -1.55. The summed E-state index contributed by atoms with van der Waals surface area (Å²) in [6.45, 7) is 2.84. The molecule has 0 aromatic heterocycles. The molecule has 2 N–H and O–H groups in total. The Kier molecular flexibility index (Phi) is 7.40. The molecule has 1 aromatic carbocycles. The van der Waals surface area contributed by atoms with Crippen LogP contribution >= 0.6 is 0 Å². The monoisotopic (exact) mass is 319 g/mol. The Morgan fingerprint density at radius 3 is 2.52 bits per heavy atom. The van der Waals surface area contributed by atoms with Crippen LogP contribution in [-0.4, -0.2) is 29.8 Å². The van der Waals surface area contributed by atoms with Crippen LogP contribution in [0.5, 0.6) is 5.75 Å². The highest BCUT2D eigenvalue weighted by molar-refractivity contribution is 5.73. The highest BCUT2D eigenvalue weighted by atomic mass is 16.5. The number of carboxylic acid groups (broad SMARTS) is 1. The summed E-state index contributed by atoms with van der Waals surface area (Å²) >= 11 is 0. The summed E-state index contributed by atoms with van der Waals surface area (Å²) in [6, 6.07) is 7.77. The van der Waals surface area contributed by atoms with Crippen LogP contribution in [0.25, 0.3) is 0 Å². The number of nitrogens with one attached hydrogen (secondary N) is 1. The van der Waals surface area contributed by atoms with Crippen LogP contribution in [-0.2, 0) is 11.2 Å². The maximum atomic E-state index is 10.9. The third-order valence-corrected chi connectivity index (χ3v) is 4.43. The van der Waals surface area contributed by atoms with Crippen LogP contribution < -0.4 is 10.1 Å². The van der Waals surface area contributed by atoms with E-state index in [1.54, 1.807) is 0 Å². The van der Waals surface area contributed by atoms with Gasteiger partial charge in [-0.05, 0) is 30.5 Å². The van der Waals surface area contributed by atoms with Crippen LogP contribution in [0.4, 0.5) is 0 Å². The molecule has 0 amide bonds. The summed E-state index contributed by atoms with van der Waals surface area (Å²) in [5, 5.41) is 11.9. The number of rotatable bonds is 10. The smallest absolute Gasteiger partial charge is 0.320 e. The van der Waals surface area contributed by atoms with Gasteiger partial charge in [0.15, 0.2) is 0 Å². The molecular formula is C19H29NO3. The third-order valence-electron chi connectivity index (χ3n) is 4.43. The van der Waals surface area contributed by atoms with Crippen LogP contribution in [0.1, 0.15) is 57.4 Å². The molecule has 1 fully saturated rings. The molecule has 0 saturated carbocycles. The van der Waals surface area contributed by atoms with Gasteiger partial charge in [-0.15, -0.1) is 0 Å². The Balaban J connectivity index is 1.67. The molecule has 1 saturated heterocycles. The van der Waals surface area contributed by atoms with Crippen molar-refractivity contribution in [3.8, 4) is 5.75 Å². The van der Waals surface area contributed by atoms with Crippen molar-refractivity contribution in [3.63, 3.8) is 0 Å². The molecule has 0 radical (unpaired) electrons. The lowest BCUT2D eigenvalue weighted by Gasteiger charge is -2.13. The van der Waals surface area contributed by atoms with Gasteiger partial charge < -0.3 is 15.2 Å². The molecule has 1 heterocycles. The molecule has 1 aromatic rings. The van der Waals surface area contributed by atoms with E-state index in [0.29, 0.717) is 13.0 Å². The molecule has 23 heavy (non-hydrogen) atoms. The zero-order chi connectivity index (χ0) is 16.5. The lowest BCUT2D eigenvalue weighted by Crippen LogP contribution is -2.30. The second kappa shape index (κ2) is 9.56. The van der Waals surface area contributed by atoms with Crippen molar-refractivity contribution >= 4 is 5.97 Å². The summed E-state index contributed by atoms with van der Waals surface area (Å²) in [5.41, 5.74) is 1.35. The maximum absolute atomic E-state index is 10.9. The molecule has 0 bridgehead atoms. The van der Waals surface area contributed by atoms with E-state index in [1.165, 1.54) is 44.1 Å². The number of hydrogen-bond acceptors (Lipinski definition) is 3. The van der Waals surface area contributed by atoms with Gasteiger partial charge >= 0.3 is 5.97 Å². The highest BCUT2D eigenvalue weighted by Gasteiger charge is 2.30. The Morgan fingerprint density at radius 2 is 1.87 bits per heavy atom. The first kappa shape index (κ1) is 17.8. The molecule has 4 nitrogen and oxygen atoms in total. The fraction of sp³-hybridized carbons (Fsp3) is 0.632. The summed E-state index contributed by atoms with van der Waals surface area (Å²) < 4.78 is 5.85. The maximum Gasteiger partial charge on any atom is 0.320 e. The zero-order valence-corrected chi connectivity index (χ0v) is 14.1. The molecule has 4 heteroatoms. The Labute approximate surface area is 139 Å². The molecule has 2 rings (SSSR count). The Bertz CT molecular complexity index is 472. The lowest BCUT2D eigenvalue weighted by atomic mass is 10.0. The molecule has 0 unspecified atom stereocenters. The number of carboxylic acids is 1. The lowest BCUT2D eigenvalue weighted by molar-refractivity contribution is -0.139. The van der Waals surface area contributed by atoms with E-state index < -0.39 is 12.0 Å². The molecule has 128 valence electrons. The van der Waals surface area contributed by atoms with Gasteiger partial charge in [0.1, 0.15) is 17.9 Å². The number of benzene rings is 1. The average Bonchev–Trinajstić information content (AvgIpc) is 3.01. The second-order valence-electron chi connectivity index (χ2n) is 6.44. The minimum Gasteiger partial charge on any atom is -0.489 e. The SMILES string of the molecule is CCCCCCCCc1ccc(O[C@H]2CN[C@H](C(=O)O)C2)cc1. The van der Waals surface area contributed by atoms with Gasteiger partial charge in [-0.3, -0.25) is 4.79 Å². The minimum atomic E-state index is -0.801. The van der Waals surface area contributed by atoms with Crippen LogP contribution in [0.2, 0.25) is 0 Å². The first-order valence-corrected chi connectivity index (χ1v) is 8.91. The minimum absolute atomic E-state index is 0.0551. The number of ether oxygens (including phenoxy) is 1. The van der Waals surface area contributed by atoms with Crippen molar-refractivity contribution in [2.24, 2.45) is 0 Å². The normalized spacial score (nSPS) is 20.6. The number of aryl methyl sites for hydroxylation is 1. The van der Waals surface area contributed by atoms with Gasteiger partial charge in [0.05, 0.1) is 0 Å². The average molecular weight is 319 g/mol. The highest BCUT2D eigenvalue weighted by Crippen LogP contribution is 2.19. The fourth-order valence-electron chi connectivity index (χ4n) is 3.02. The third kappa shape index (κ3) is 6.22. The number of carbonyl (C=O) groups is 1. The summed E-state index contributed by atoms with van der Waals surface area (Å²) in [7, 11) is 0. The van der Waals surface area contributed by atoms with E-state index in [0.717, 1.165) is 12.2 Å². The van der Waals surface area contributed by atoms with E-state index >= 15 is 0 Å². The van der Waals surface area contributed by atoms with Gasteiger partial charge in [-0.1, -0.05) is 51.2 Å². The molecule has 2 atom stereocenters. The van der Waals surface area contributed by atoms with Crippen LogP contribution in [0.3, 0.4) is 0 Å². The van der Waals surface area contributed by atoms with E-state index in [2.05, 4.69) is 24.4 Å². The Morgan fingerprint density at radius 1 is 1.17 bits per heavy atom. The zero-order valence-electron chi connectivity index (χ0n) is 14.1. The number of hydrogen-bond donors (Lipinski definition) is 2. The van der Waals surface area contributed by atoms with Crippen LogP contribution in [0, 0.1) is 0 Å². The van der Waals surface area contributed by atoms with Crippen molar-refractivity contribution in [1.82, 2.24) is 5.32 Å². The van der Waals surface area contributed by atoms with E-state index in [4.69, 9.17) is 9.84 Å². The quantitative estimate of drug-likeness (QED) is 0.644. The van der Waals surface area contributed by atoms with Crippen molar-refractivity contribution in [3.05, 3.63) is 29.8 Å². The van der Waals surface area contributed by atoms with Gasteiger partial charge in [-0.25, -0.2) is 0 Å². The van der Waals surface area contributed by atoms with Crippen LogP contribution in [0.15, 0.2) is 24.3 Å². The predicted molar refractivity (Wildman–Crippen MR) is 92.0 cm³/mol. The van der Waals surface area contributed by atoms with Crippen molar-refractivity contribution < 1.29 is 14.6 Å². The van der Waals surface area contributed by atoms with Crippen molar-refractivity contribution in [2.45, 2.75) is 70.4 Å².